The van der Waals surface area contributed by atoms with Crippen molar-refractivity contribution in [2.75, 3.05) is 0 Å². The van der Waals surface area contributed by atoms with Crippen molar-refractivity contribution in [3.8, 4) is 33.4 Å². The van der Waals surface area contributed by atoms with Crippen molar-refractivity contribution in [3.63, 3.8) is 0 Å². The summed E-state index contributed by atoms with van der Waals surface area (Å²) in [6.07, 6.45) is 6.77. The molecule has 0 nitrogen and oxygen atoms in total. The van der Waals surface area contributed by atoms with Gasteiger partial charge < -0.3 is 0 Å². The lowest BCUT2D eigenvalue weighted by Crippen LogP contribution is -2.04. The average Bonchev–Trinajstić information content (AvgIpc) is 3.00. The molecule has 0 N–H and O–H groups in total. The van der Waals surface area contributed by atoms with Crippen LogP contribution in [0.5, 0.6) is 0 Å². The molecule has 1 fully saturated rings. The molecule has 0 heteroatoms. The minimum absolute atomic E-state index is 0.711. The maximum atomic E-state index is 2.40. The minimum Gasteiger partial charge on any atom is -0.0622 e. The quantitative estimate of drug-likeness (QED) is 0.216. The molecule has 0 amide bonds. The molecule has 6 aromatic carbocycles. The summed E-state index contributed by atoms with van der Waals surface area (Å²) in [7, 11) is 0. The zero-order valence-electron chi connectivity index (χ0n) is 21.7. The first-order chi connectivity index (χ1) is 18.8. The fraction of sp³-hybridized carbons (Fsp3) is 0.158. The third-order valence-electron chi connectivity index (χ3n) is 8.43. The average molecular weight is 489 g/mol. The lowest BCUT2D eigenvalue weighted by Gasteiger charge is -2.23. The van der Waals surface area contributed by atoms with Crippen LogP contribution < -0.4 is 0 Å². The van der Waals surface area contributed by atoms with Crippen molar-refractivity contribution in [2.24, 2.45) is 0 Å². The predicted molar refractivity (Wildman–Crippen MR) is 164 cm³/mol. The van der Waals surface area contributed by atoms with Crippen LogP contribution in [-0.2, 0) is 0 Å². The van der Waals surface area contributed by atoms with Crippen LogP contribution in [0.4, 0.5) is 0 Å². The number of rotatable bonds is 4. The van der Waals surface area contributed by atoms with Crippen LogP contribution in [0.1, 0.15) is 43.6 Å². The van der Waals surface area contributed by atoms with Gasteiger partial charge in [-0.15, -0.1) is 0 Å². The van der Waals surface area contributed by atoms with Gasteiger partial charge in [0.15, 0.2) is 0 Å². The van der Waals surface area contributed by atoms with E-state index >= 15 is 0 Å². The Kier molecular flexibility index (Phi) is 6.02. The van der Waals surface area contributed by atoms with Gasteiger partial charge in [-0.1, -0.05) is 128 Å². The smallest absolute Gasteiger partial charge is 0.00203 e. The third kappa shape index (κ3) is 4.21. The Labute approximate surface area is 225 Å². The van der Waals surface area contributed by atoms with Gasteiger partial charge in [-0.2, -0.15) is 0 Å². The van der Waals surface area contributed by atoms with Crippen molar-refractivity contribution in [3.05, 3.63) is 133 Å². The van der Waals surface area contributed by atoms with Crippen LogP contribution in [0, 0.1) is 0 Å². The fourth-order valence-corrected chi connectivity index (χ4v) is 6.50. The molecule has 0 unspecified atom stereocenters. The second-order valence-electron chi connectivity index (χ2n) is 10.8. The zero-order valence-corrected chi connectivity index (χ0v) is 21.7. The van der Waals surface area contributed by atoms with Gasteiger partial charge in [0.2, 0.25) is 0 Å². The van der Waals surface area contributed by atoms with E-state index in [1.54, 1.807) is 0 Å². The monoisotopic (exact) mass is 488 g/mol. The highest BCUT2D eigenvalue weighted by Crippen LogP contribution is 2.46. The molecule has 184 valence electrons. The minimum atomic E-state index is 0.711. The van der Waals surface area contributed by atoms with Crippen LogP contribution in [0.25, 0.3) is 54.9 Å². The van der Waals surface area contributed by atoms with Crippen LogP contribution in [-0.4, -0.2) is 0 Å². The summed E-state index contributed by atoms with van der Waals surface area (Å²) in [5.41, 5.74) is 9.23. The van der Waals surface area contributed by atoms with Crippen molar-refractivity contribution < 1.29 is 0 Å². The van der Waals surface area contributed by atoms with Crippen LogP contribution in [0.3, 0.4) is 0 Å². The number of hydrogen-bond acceptors (Lipinski definition) is 0. The molecular formula is C38H32. The van der Waals surface area contributed by atoms with Gasteiger partial charge >= 0.3 is 0 Å². The second-order valence-corrected chi connectivity index (χ2v) is 10.8. The van der Waals surface area contributed by atoms with E-state index in [4.69, 9.17) is 0 Å². The van der Waals surface area contributed by atoms with E-state index in [0.717, 1.165) is 0 Å². The predicted octanol–water partition coefficient (Wildman–Crippen LogP) is 11.0. The van der Waals surface area contributed by atoms with E-state index in [2.05, 4.69) is 127 Å². The van der Waals surface area contributed by atoms with Gasteiger partial charge in [0.05, 0.1) is 0 Å². The van der Waals surface area contributed by atoms with Crippen LogP contribution in [0.2, 0.25) is 0 Å². The summed E-state index contributed by atoms with van der Waals surface area (Å²) in [6.45, 7) is 0. The second kappa shape index (κ2) is 9.95. The molecule has 0 heterocycles. The molecule has 1 aliphatic carbocycles. The van der Waals surface area contributed by atoms with Crippen molar-refractivity contribution in [1.29, 1.82) is 0 Å². The zero-order chi connectivity index (χ0) is 25.3. The maximum Gasteiger partial charge on any atom is -0.00203 e. The Balaban J connectivity index is 1.54. The van der Waals surface area contributed by atoms with Gasteiger partial charge in [-0.25, -0.2) is 0 Å². The molecule has 0 bridgehead atoms. The highest BCUT2D eigenvalue weighted by Gasteiger charge is 2.20. The molecule has 1 saturated carbocycles. The Bertz CT molecular complexity index is 1700. The Morgan fingerprint density at radius 2 is 1.00 bits per heavy atom. The first kappa shape index (κ1) is 23.0. The van der Waals surface area contributed by atoms with Crippen molar-refractivity contribution in [1.82, 2.24) is 0 Å². The summed E-state index contributed by atoms with van der Waals surface area (Å²) in [5.74, 6) is 0.711. The van der Waals surface area contributed by atoms with Crippen LogP contribution in [0.15, 0.2) is 127 Å². The van der Waals surface area contributed by atoms with Crippen molar-refractivity contribution in [2.45, 2.75) is 38.0 Å². The van der Waals surface area contributed by atoms with E-state index in [-0.39, 0.29) is 0 Å². The van der Waals surface area contributed by atoms with E-state index < -0.39 is 0 Å². The molecule has 38 heavy (non-hydrogen) atoms. The van der Waals surface area contributed by atoms with E-state index in [1.165, 1.54) is 92.6 Å². The summed E-state index contributed by atoms with van der Waals surface area (Å²) < 4.78 is 0. The number of benzene rings is 6. The SMILES string of the molecule is c1ccc(-c2cc3cc4ccccc4cc3c(-c3ccc(C4CCCCC4)cc3)c2-c2ccccc2)cc1. The van der Waals surface area contributed by atoms with Gasteiger partial charge in [0.25, 0.3) is 0 Å². The Hall–Kier alpha value is -4.16. The third-order valence-corrected chi connectivity index (χ3v) is 8.43. The molecular weight excluding hydrogens is 456 g/mol. The molecule has 0 aromatic heterocycles. The van der Waals surface area contributed by atoms with Gasteiger partial charge in [0, 0.05) is 0 Å². The number of fused-ring (bicyclic) bond motifs is 2. The molecule has 1 aliphatic rings. The lowest BCUT2D eigenvalue weighted by molar-refractivity contribution is 0.443. The number of hydrogen-bond donors (Lipinski definition) is 0. The Morgan fingerprint density at radius 1 is 0.421 bits per heavy atom. The molecule has 6 aromatic rings. The molecule has 0 atom stereocenters. The maximum absolute atomic E-state index is 2.40. The molecule has 7 rings (SSSR count). The van der Waals surface area contributed by atoms with E-state index in [0.29, 0.717) is 5.92 Å². The lowest BCUT2D eigenvalue weighted by atomic mass is 9.81. The molecule has 0 aliphatic heterocycles. The summed E-state index contributed by atoms with van der Waals surface area (Å²) in [6, 6.07) is 47.3. The summed E-state index contributed by atoms with van der Waals surface area (Å²) >= 11 is 0. The molecule has 0 spiro atoms. The van der Waals surface area contributed by atoms with Crippen LogP contribution >= 0.6 is 0 Å². The highest BCUT2D eigenvalue weighted by molar-refractivity contribution is 6.13. The van der Waals surface area contributed by atoms with E-state index in [9.17, 15) is 0 Å². The summed E-state index contributed by atoms with van der Waals surface area (Å²) in [5, 5.41) is 5.16. The molecule has 0 radical (unpaired) electrons. The summed E-state index contributed by atoms with van der Waals surface area (Å²) in [4.78, 5) is 0. The normalized spacial score (nSPS) is 14.2. The Morgan fingerprint density at radius 3 is 1.68 bits per heavy atom. The first-order valence-corrected chi connectivity index (χ1v) is 14.1. The van der Waals surface area contributed by atoms with E-state index in [1.807, 2.05) is 0 Å². The molecule has 0 saturated heterocycles. The first-order valence-electron chi connectivity index (χ1n) is 14.1. The standard InChI is InChI=1S/C38H32/c1-4-12-27(13-5-1)28-20-22-31(23-21-28)38-36-25-33-19-11-10-18-32(33)24-34(36)26-35(29-14-6-2-7-15-29)37(38)30-16-8-3-9-17-30/h2-3,6-11,14-27H,1,4-5,12-13H2. The largest absolute Gasteiger partial charge is 0.0622 e. The topological polar surface area (TPSA) is 0 Å². The van der Waals surface area contributed by atoms with Gasteiger partial charge in [-0.05, 0) is 97.4 Å². The highest BCUT2D eigenvalue weighted by atomic mass is 14.2. The fourth-order valence-electron chi connectivity index (χ4n) is 6.50. The van der Waals surface area contributed by atoms with Crippen molar-refractivity contribution >= 4 is 21.5 Å². The van der Waals surface area contributed by atoms with Gasteiger partial charge in [-0.3, -0.25) is 0 Å². The van der Waals surface area contributed by atoms with Gasteiger partial charge in [0.1, 0.15) is 0 Å².